The molecule has 0 aliphatic heterocycles. The zero-order valence-electron chi connectivity index (χ0n) is 15.2. The number of benzene rings is 2. The molecule has 2 rings (SSSR count). The maximum Gasteiger partial charge on any atom is 0.329 e. The summed E-state index contributed by atoms with van der Waals surface area (Å²) >= 11 is 0. The molecule has 0 radical (unpaired) electrons. The van der Waals surface area contributed by atoms with Gasteiger partial charge in [0.15, 0.2) is 11.5 Å². The lowest BCUT2D eigenvalue weighted by Crippen LogP contribution is -2.39. The summed E-state index contributed by atoms with van der Waals surface area (Å²) in [6, 6.07) is 11.3. The molecule has 3 N–H and O–H groups in total. The molecule has 0 aliphatic carbocycles. The number of hydrogen-bond acceptors (Lipinski definition) is 6. The number of hydrazone groups is 1. The number of aromatic hydroxyl groups is 1. The Hall–Kier alpha value is -3.55. The number of nitrogens with one attached hydrogen (secondary N) is 2. The number of nitrogens with zero attached hydrogens (tertiary/aromatic N) is 1. The molecule has 2 amide bonds. The van der Waals surface area contributed by atoms with Crippen LogP contribution in [0, 0.1) is 0 Å². The van der Waals surface area contributed by atoms with Gasteiger partial charge in [0.05, 0.1) is 26.5 Å². The number of methoxy groups -OCH3 is 2. The normalized spacial score (nSPS) is 11.7. The molecule has 142 valence electrons. The predicted octanol–water partition coefficient (Wildman–Crippen LogP) is 1.74. The Morgan fingerprint density at radius 2 is 1.78 bits per heavy atom. The van der Waals surface area contributed by atoms with Crippen molar-refractivity contribution in [1.82, 2.24) is 10.7 Å². The van der Waals surface area contributed by atoms with Crippen LogP contribution in [0.1, 0.15) is 24.1 Å². The van der Waals surface area contributed by atoms with Gasteiger partial charge in [-0.3, -0.25) is 9.59 Å². The number of carbonyl (C=O) groups excluding carboxylic acids is 2. The van der Waals surface area contributed by atoms with E-state index in [1.54, 1.807) is 44.4 Å². The number of rotatable bonds is 6. The third-order valence-electron chi connectivity index (χ3n) is 3.75. The summed E-state index contributed by atoms with van der Waals surface area (Å²) in [4.78, 5) is 23.8. The Bertz CT molecular complexity index is 834. The predicted molar refractivity (Wildman–Crippen MR) is 99.9 cm³/mol. The number of phenolic OH excluding ortho intramolecular Hbond substituents is 1. The van der Waals surface area contributed by atoms with E-state index in [-0.39, 0.29) is 17.5 Å². The van der Waals surface area contributed by atoms with Gasteiger partial charge in [-0.05, 0) is 48.4 Å². The fourth-order valence-corrected chi connectivity index (χ4v) is 2.23. The molecule has 0 saturated heterocycles. The van der Waals surface area contributed by atoms with Crippen LogP contribution in [-0.4, -0.2) is 37.4 Å². The summed E-state index contributed by atoms with van der Waals surface area (Å²) in [5.41, 5.74) is 3.56. The number of ether oxygens (including phenoxy) is 2. The fourth-order valence-electron chi connectivity index (χ4n) is 2.23. The zero-order chi connectivity index (χ0) is 19.8. The van der Waals surface area contributed by atoms with E-state index in [9.17, 15) is 14.7 Å². The summed E-state index contributed by atoms with van der Waals surface area (Å²) in [5.74, 6) is -0.728. The Kier molecular flexibility index (Phi) is 6.76. The molecule has 0 spiro atoms. The van der Waals surface area contributed by atoms with Crippen LogP contribution in [0.4, 0.5) is 0 Å². The molecule has 2 aromatic rings. The molecule has 0 fully saturated rings. The van der Waals surface area contributed by atoms with E-state index in [2.05, 4.69) is 15.8 Å². The van der Waals surface area contributed by atoms with Crippen molar-refractivity contribution in [1.29, 1.82) is 0 Å². The molecule has 8 heteroatoms. The third kappa shape index (κ3) is 5.46. The number of phenols is 1. The largest absolute Gasteiger partial charge is 0.504 e. The van der Waals surface area contributed by atoms with Crippen molar-refractivity contribution >= 4 is 18.0 Å². The van der Waals surface area contributed by atoms with E-state index in [1.165, 1.54) is 25.5 Å². The monoisotopic (exact) mass is 371 g/mol. The van der Waals surface area contributed by atoms with E-state index in [4.69, 9.17) is 9.47 Å². The van der Waals surface area contributed by atoms with Gasteiger partial charge in [-0.25, -0.2) is 5.43 Å². The molecule has 0 aromatic heterocycles. The summed E-state index contributed by atoms with van der Waals surface area (Å²) in [5, 5.41) is 15.8. The third-order valence-corrected chi connectivity index (χ3v) is 3.75. The van der Waals surface area contributed by atoms with Crippen LogP contribution in [0.15, 0.2) is 47.6 Å². The summed E-state index contributed by atoms with van der Waals surface area (Å²) in [6.45, 7) is 1.76. The van der Waals surface area contributed by atoms with Crippen molar-refractivity contribution in [3.8, 4) is 17.2 Å². The zero-order valence-corrected chi connectivity index (χ0v) is 15.2. The van der Waals surface area contributed by atoms with Crippen molar-refractivity contribution in [2.24, 2.45) is 5.10 Å². The van der Waals surface area contributed by atoms with Gasteiger partial charge < -0.3 is 19.9 Å². The van der Waals surface area contributed by atoms with Gasteiger partial charge in [-0.15, -0.1) is 0 Å². The minimum Gasteiger partial charge on any atom is -0.504 e. The minimum absolute atomic E-state index is 0.00872. The van der Waals surface area contributed by atoms with E-state index in [1.807, 2.05) is 0 Å². The lowest BCUT2D eigenvalue weighted by molar-refractivity contribution is -0.139. The second kappa shape index (κ2) is 9.23. The summed E-state index contributed by atoms with van der Waals surface area (Å²) < 4.78 is 10.1. The Morgan fingerprint density at radius 1 is 1.07 bits per heavy atom. The second-order valence-corrected chi connectivity index (χ2v) is 5.60. The minimum atomic E-state index is -0.891. The standard InChI is InChI=1S/C19H21N3O5/c1-12(14-5-7-15(26-2)8-6-14)21-18(24)19(25)22-20-11-13-4-9-16(23)17(10-13)27-3/h4-12,23H,1-3H3,(H,21,24)(H,22,25)/b20-11+/t12-/m1/s1. The molecule has 2 aromatic carbocycles. The van der Waals surface area contributed by atoms with Crippen LogP contribution in [-0.2, 0) is 9.59 Å². The Balaban J connectivity index is 1.90. The molecular formula is C19H21N3O5. The summed E-state index contributed by atoms with van der Waals surface area (Å²) in [7, 11) is 2.99. The van der Waals surface area contributed by atoms with Crippen LogP contribution in [0.3, 0.4) is 0 Å². The van der Waals surface area contributed by atoms with Crippen LogP contribution in [0.25, 0.3) is 0 Å². The molecule has 0 bridgehead atoms. The van der Waals surface area contributed by atoms with Gasteiger partial charge in [0.25, 0.3) is 0 Å². The molecule has 8 nitrogen and oxygen atoms in total. The van der Waals surface area contributed by atoms with E-state index >= 15 is 0 Å². The first-order chi connectivity index (χ1) is 12.9. The van der Waals surface area contributed by atoms with Gasteiger partial charge >= 0.3 is 11.8 Å². The van der Waals surface area contributed by atoms with Gasteiger partial charge in [0.1, 0.15) is 5.75 Å². The molecule has 0 aliphatic rings. The lowest BCUT2D eigenvalue weighted by Gasteiger charge is -2.13. The average Bonchev–Trinajstić information content (AvgIpc) is 2.69. The highest BCUT2D eigenvalue weighted by atomic mass is 16.5. The molecule has 0 heterocycles. The highest BCUT2D eigenvalue weighted by Gasteiger charge is 2.16. The van der Waals surface area contributed by atoms with Crippen LogP contribution in [0.2, 0.25) is 0 Å². The SMILES string of the molecule is COc1ccc([C@@H](C)NC(=O)C(=O)N/N=C/c2ccc(O)c(OC)c2)cc1. The molecule has 0 saturated carbocycles. The molecule has 27 heavy (non-hydrogen) atoms. The fraction of sp³-hybridized carbons (Fsp3) is 0.211. The van der Waals surface area contributed by atoms with E-state index < -0.39 is 11.8 Å². The van der Waals surface area contributed by atoms with Crippen LogP contribution < -0.4 is 20.2 Å². The lowest BCUT2D eigenvalue weighted by atomic mass is 10.1. The summed E-state index contributed by atoms with van der Waals surface area (Å²) in [6.07, 6.45) is 1.33. The quantitative estimate of drug-likeness (QED) is 0.407. The number of carbonyl (C=O) groups is 2. The van der Waals surface area contributed by atoms with Crippen molar-refractivity contribution in [2.75, 3.05) is 14.2 Å². The highest BCUT2D eigenvalue weighted by molar-refractivity contribution is 6.35. The molecular weight excluding hydrogens is 350 g/mol. The molecule has 0 unspecified atom stereocenters. The van der Waals surface area contributed by atoms with Crippen molar-refractivity contribution < 1.29 is 24.2 Å². The Labute approximate surface area is 156 Å². The second-order valence-electron chi connectivity index (χ2n) is 5.60. The maximum absolute atomic E-state index is 12.0. The average molecular weight is 371 g/mol. The van der Waals surface area contributed by atoms with Gasteiger partial charge in [-0.2, -0.15) is 5.10 Å². The van der Waals surface area contributed by atoms with Crippen LogP contribution >= 0.6 is 0 Å². The first-order valence-corrected chi connectivity index (χ1v) is 8.09. The number of amides is 2. The first kappa shape index (κ1) is 19.8. The van der Waals surface area contributed by atoms with Crippen LogP contribution in [0.5, 0.6) is 17.2 Å². The Morgan fingerprint density at radius 3 is 2.41 bits per heavy atom. The van der Waals surface area contributed by atoms with E-state index in [0.717, 1.165) is 5.56 Å². The first-order valence-electron chi connectivity index (χ1n) is 8.09. The van der Waals surface area contributed by atoms with E-state index in [0.29, 0.717) is 11.3 Å². The van der Waals surface area contributed by atoms with Crippen molar-refractivity contribution in [3.05, 3.63) is 53.6 Å². The van der Waals surface area contributed by atoms with Gasteiger partial charge in [0, 0.05) is 0 Å². The topological polar surface area (TPSA) is 109 Å². The number of hydrogen-bond donors (Lipinski definition) is 3. The highest BCUT2D eigenvalue weighted by Crippen LogP contribution is 2.25. The maximum atomic E-state index is 12.0. The molecule has 1 atom stereocenters. The van der Waals surface area contributed by atoms with Crippen molar-refractivity contribution in [2.45, 2.75) is 13.0 Å². The van der Waals surface area contributed by atoms with Gasteiger partial charge in [0.2, 0.25) is 0 Å². The van der Waals surface area contributed by atoms with Crippen molar-refractivity contribution in [3.63, 3.8) is 0 Å². The van der Waals surface area contributed by atoms with Gasteiger partial charge in [-0.1, -0.05) is 12.1 Å². The smallest absolute Gasteiger partial charge is 0.329 e.